The van der Waals surface area contributed by atoms with Crippen LogP contribution in [0.25, 0.3) is 10.9 Å². The summed E-state index contributed by atoms with van der Waals surface area (Å²) in [6, 6.07) is 2.81. The Bertz CT molecular complexity index is 567. The number of aromatic nitrogens is 1. The average molecular weight is 239 g/mol. The van der Waals surface area contributed by atoms with Gasteiger partial charge >= 0.3 is 0 Å². The molecule has 0 unspecified atom stereocenters. The van der Waals surface area contributed by atoms with Crippen LogP contribution in [0, 0.1) is 12.7 Å². The van der Waals surface area contributed by atoms with Crippen LogP contribution < -0.4 is 5.73 Å². The van der Waals surface area contributed by atoms with Crippen molar-refractivity contribution in [2.24, 2.45) is 0 Å². The van der Waals surface area contributed by atoms with Crippen molar-refractivity contribution in [3.05, 3.63) is 34.2 Å². The largest absolute Gasteiger partial charge is 0.398 e. The number of aryl methyl sites for hydroxylation is 1. The van der Waals surface area contributed by atoms with Gasteiger partial charge in [-0.05, 0) is 31.0 Å². The van der Waals surface area contributed by atoms with Crippen molar-refractivity contribution in [3.8, 4) is 0 Å². The summed E-state index contributed by atoms with van der Waals surface area (Å²) in [4.78, 5) is 4.28. The Balaban J connectivity index is 2.97. The van der Waals surface area contributed by atoms with E-state index < -0.39 is 0 Å². The summed E-state index contributed by atoms with van der Waals surface area (Å²) in [5.74, 6) is -0.388. The van der Waals surface area contributed by atoms with E-state index in [-0.39, 0.29) is 11.3 Å². The quantitative estimate of drug-likeness (QED) is 0.826. The predicted molar refractivity (Wildman–Crippen MR) is 65.2 cm³/mol. The second-order valence-electron chi connectivity index (χ2n) is 3.70. The second kappa shape index (κ2) is 3.91. The highest BCUT2D eigenvalue weighted by Gasteiger charge is 2.13. The molecule has 0 bridgehead atoms. The lowest BCUT2D eigenvalue weighted by atomic mass is 10.1. The van der Waals surface area contributed by atoms with Gasteiger partial charge in [0.15, 0.2) is 0 Å². The van der Waals surface area contributed by atoms with E-state index in [1.807, 2.05) is 13.8 Å². The van der Waals surface area contributed by atoms with E-state index in [0.29, 0.717) is 16.1 Å². The number of pyridine rings is 1. The lowest BCUT2D eigenvalue weighted by Crippen LogP contribution is -2.01. The normalized spacial score (nSPS) is 11.0. The summed E-state index contributed by atoms with van der Waals surface area (Å²) < 4.78 is 13.6. The predicted octanol–water partition coefficient (Wildman–Crippen LogP) is 3.48. The first-order chi connectivity index (χ1) is 7.56. The molecule has 1 aromatic heterocycles. The van der Waals surface area contributed by atoms with E-state index in [4.69, 9.17) is 17.3 Å². The van der Waals surface area contributed by atoms with Gasteiger partial charge in [-0.2, -0.15) is 0 Å². The highest BCUT2D eigenvalue weighted by Crippen LogP contribution is 2.32. The molecule has 2 rings (SSSR count). The monoisotopic (exact) mass is 238 g/mol. The van der Waals surface area contributed by atoms with Gasteiger partial charge in [-0.3, -0.25) is 0 Å². The minimum atomic E-state index is -0.388. The fourth-order valence-electron chi connectivity index (χ4n) is 1.81. The van der Waals surface area contributed by atoms with E-state index in [1.54, 1.807) is 0 Å². The molecule has 4 heteroatoms. The van der Waals surface area contributed by atoms with E-state index in [9.17, 15) is 4.39 Å². The van der Waals surface area contributed by atoms with Crippen molar-refractivity contribution in [1.29, 1.82) is 0 Å². The number of nitrogens with two attached hydrogens (primary N) is 1. The fourth-order valence-corrected chi connectivity index (χ4v) is 2.07. The SMILES string of the molecule is CCc1nc2c(F)ccc(Cl)c2c(N)c1C. The number of benzene rings is 1. The van der Waals surface area contributed by atoms with Crippen molar-refractivity contribution < 1.29 is 4.39 Å². The first-order valence-electron chi connectivity index (χ1n) is 5.09. The van der Waals surface area contributed by atoms with E-state index in [0.717, 1.165) is 17.7 Å². The number of hydrogen-bond acceptors (Lipinski definition) is 2. The number of anilines is 1. The van der Waals surface area contributed by atoms with Crippen LogP contribution >= 0.6 is 11.6 Å². The molecule has 0 atom stereocenters. The third-order valence-electron chi connectivity index (χ3n) is 2.77. The van der Waals surface area contributed by atoms with Crippen molar-refractivity contribution in [1.82, 2.24) is 4.98 Å². The molecular formula is C12H12ClFN2. The molecule has 0 aliphatic rings. The summed E-state index contributed by atoms with van der Waals surface area (Å²) in [6.45, 7) is 3.84. The van der Waals surface area contributed by atoms with Gasteiger partial charge in [0.25, 0.3) is 0 Å². The zero-order valence-electron chi connectivity index (χ0n) is 9.14. The van der Waals surface area contributed by atoms with Crippen LogP contribution in [0.1, 0.15) is 18.2 Å². The Hall–Kier alpha value is -1.35. The molecule has 2 aromatic rings. The summed E-state index contributed by atoms with van der Waals surface area (Å²) in [5.41, 5.74) is 8.44. The number of halogens is 2. The van der Waals surface area contributed by atoms with Crippen molar-refractivity contribution >= 4 is 28.2 Å². The van der Waals surface area contributed by atoms with Gasteiger partial charge in [-0.25, -0.2) is 9.37 Å². The van der Waals surface area contributed by atoms with Crippen LogP contribution in [-0.2, 0) is 6.42 Å². The lowest BCUT2D eigenvalue weighted by molar-refractivity contribution is 0.636. The van der Waals surface area contributed by atoms with Gasteiger partial charge in [-0.15, -0.1) is 0 Å². The Morgan fingerprint density at radius 1 is 1.44 bits per heavy atom. The van der Waals surface area contributed by atoms with Crippen LogP contribution in [0.5, 0.6) is 0 Å². The highest BCUT2D eigenvalue weighted by molar-refractivity contribution is 6.36. The zero-order valence-corrected chi connectivity index (χ0v) is 9.90. The molecule has 0 aliphatic heterocycles. The molecule has 1 aromatic carbocycles. The van der Waals surface area contributed by atoms with Gasteiger partial charge in [0.05, 0.1) is 5.02 Å². The van der Waals surface area contributed by atoms with Gasteiger partial charge in [0.2, 0.25) is 0 Å². The minimum absolute atomic E-state index is 0.257. The van der Waals surface area contributed by atoms with Gasteiger partial charge in [0.1, 0.15) is 11.3 Å². The maximum Gasteiger partial charge on any atom is 0.149 e. The molecular weight excluding hydrogens is 227 g/mol. The topological polar surface area (TPSA) is 38.9 Å². The van der Waals surface area contributed by atoms with Crippen molar-refractivity contribution in [3.63, 3.8) is 0 Å². The molecule has 0 saturated heterocycles. The Morgan fingerprint density at radius 3 is 2.75 bits per heavy atom. The Kier molecular flexibility index (Phi) is 2.72. The number of nitrogens with zero attached hydrogens (tertiary/aromatic N) is 1. The summed E-state index contributed by atoms with van der Waals surface area (Å²) in [6.07, 6.45) is 0.720. The molecule has 0 amide bonds. The van der Waals surface area contributed by atoms with E-state index >= 15 is 0 Å². The van der Waals surface area contributed by atoms with Crippen LogP contribution in [-0.4, -0.2) is 4.98 Å². The first kappa shape index (κ1) is 11.1. The Morgan fingerprint density at radius 2 is 2.12 bits per heavy atom. The number of rotatable bonds is 1. The van der Waals surface area contributed by atoms with Gasteiger partial charge < -0.3 is 5.73 Å². The molecule has 0 aliphatic carbocycles. The molecule has 0 fully saturated rings. The highest BCUT2D eigenvalue weighted by atomic mass is 35.5. The minimum Gasteiger partial charge on any atom is -0.398 e. The summed E-state index contributed by atoms with van der Waals surface area (Å²) in [5, 5.41) is 0.948. The third kappa shape index (κ3) is 1.52. The van der Waals surface area contributed by atoms with Crippen LogP contribution in [0.2, 0.25) is 5.02 Å². The van der Waals surface area contributed by atoms with Crippen molar-refractivity contribution in [2.75, 3.05) is 5.73 Å². The van der Waals surface area contributed by atoms with Crippen LogP contribution in [0.3, 0.4) is 0 Å². The van der Waals surface area contributed by atoms with E-state index in [2.05, 4.69) is 4.98 Å². The Labute approximate surface area is 98.2 Å². The molecule has 0 saturated carbocycles. The maximum atomic E-state index is 13.6. The van der Waals surface area contributed by atoms with Gasteiger partial charge in [-0.1, -0.05) is 18.5 Å². The standard InChI is InChI=1S/C12H12ClFN2/c1-3-9-6(2)11(15)10-7(13)4-5-8(14)12(10)16-9/h4-5H,3H2,1-2H3,(H2,15,16). The first-order valence-corrected chi connectivity index (χ1v) is 5.46. The number of nitrogen functional groups attached to an aromatic ring is 1. The van der Waals surface area contributed by atoms with Crippen LogP contribution in [0.4, 0.5) is 10.1 Å². The second-order valence-corrected chi connectivity index (χ2v) is 4.11. The fraction of sp³-hybridized carbons (Fsp3) is 0.250. The summed E-state index contributed by atoms with van der Waals surface area (Å²) >= 11 is 6.02. The molecule has 2 N–H and O–H groups in total. The molecule has 84 valence electrons. The smallest absolute Gasteiger partial charge is 0.149 e. The van der Waals surface area contributed by atoms with Crippen molar-refractivity contribution in [2.45, 2.75) is 20.3 Å². The molecule has 1 heterocycles. The molecule has 2 nitrogen and oxygen atoms in total. The number of hydrogen-bond donors (Lipinski definition) is 1. The number of fused-ring (bicyclic) bond motifs is 1. The maximum absolute atomic E-state index is 13.6. The van der Waals surface area contributed by atoms with Crippen LogP contribution in [0.15, 0.2) is 12.1 Å². The zero-order chi connectivity index (χ0) is 11.9. The molecule has 0 radical (unpaired) electrons. The van der Waals surface area contributed by atoms with E-state index in [1.165, 1.54) is 12.1 Å². The molecule has 0 spiro atoms. The van der Waals surface area contributed by atoms with Gasteiger partial charge in [0, 0.05) is 16.8 Å². The molecule has 16 heavy (non-hydrogen) atoms. The summed E-state index contributed by atoms with van der Waals surface area (Å²) in [7, 11) is 0. The average Bonchev–Trinajstić information content (AvgIpc) is 2.27. The lowest BCUT2D eigenvalue weighted by Gasteiger charge is -2.11. The third-order valence-corrected chi connectivity index (χ3v) is 3.08.